The maximum atomic E-state index is 5.95. The van der Waals surface area contributed by atoms with E-state index >= 15 is 0 Å². The van der Waals surface area contributed by atoms with Crippen molar-refractivity contribution in [3.05, 3.63) is 130 Å². The first kappa shape index (κ1) is 85.9. The highest BCUT2D eigenvalue weighted by atomic mass is 35.5. The van der Waals surface area contributed by atoms with Gasteiger partial charge in [0, 0.05) is 55.1 Å². The second-order valence-electron chi connectivity index (χ2n) is 36.8. The Bertz CT molecular complexity index is 2330. The molecule has 5 nitrogen and oxygen atoms in total. The Kier molecular flexibility index (Phi) is 38.2. The van der Waals surface area contributed by atoms with E-state index in [4.69, 9.17) is 11.6 Å². The molecular formula is C85H150ClN5. The van der Waals surface area contributed by atoms with Crippen LogP contribution in [0.1, 0.15) is 304 Å². The number of aromatic nitrogens is 2. The average molecular weight is 1280 g/mol. The van der Waals surface area contributed by atoms with Gasteiger partial charge >= 0.3 is 0 Å². The molecule has 522 valence electrons. The lowest BCUT2D eigenvalue weighted by atomic mass is 9.69. The summed E-state index contributed by atoms with van der Waals surface area (Å²) in [4.78, 5) is 16.2. The van der Waals surface area contributed by atoms with Gasteiger partial charge in [-0.15, -0.1) is 0 Å². The Morgan fingerprint density at radius 2 is 0.835 bits per heavy atom. The minimum atomic E-state index is 0.0400. The molecule has 0 bridgehead atoms. The molecule has 4 heterocycles. The van der Waals surface area contributed by atoms with Crippen LogP contribution in [0.3, 0.4) is 0 Å². The van der Waals surface area contributed by atoms with Crippen molar-refractivity contribution in [3.8, 4) is 0 Å². The molecule has 3 aliphatic carbocycles. The summed E-state index contributed by atoms with van der Waals surface area (Å²) in [5, 5.41) is 0.750. The summed E-state index contributed by atoms with van der Waals surface area (Å²) in [7, 11) is 2.21. The SMILES string of the molecule is CC(C)(C)C1CC1.CC(C)(C)C1CCC1.CC(C)(C)CCN1CCCCC1.CC(C)(C)c1ccccc1.CC(C)(C)c1ncccc1Cl.CC(C)C1CCCC1.CN1CCN(CCC(C)(C)C)CC1.Cc1ccccc1C(C)(C)C.Cc1cccnc1C(C)(C)C. The van der Waals surface area contributed by atoms with E-state index in [1.807, 2.05) is 24.4 Å². The highest BCUT2D eigenvalue weighted by Crippen LogP contribution is 2.44. The van der Waals surface area contributed by atoms with Crippen LogP contribution in [0.15, 0.2) is 91.3 Å². The Morgan fingerprint density at radius 1 is 0.418 bits per heavy atom. The second-order valence-corrected chi connectivity index (χ2v) is 37.2. The average Bonchev–Trinajstić information content (AvgIpc) is 2.25. The van der Waals surface area contributed by atoms with Crippen LogP contribution < -0.4 is 0 Å². The third-order valence-corrected chi connectivity index (χ3v) is 19.0. The largest absolute Gasteiger partial charge is 0.304 e. The van der Waals surface area contributed by atoms with Gasteiger partial charge in [0.2, 0.25) is 0 Å². The van der Waals surface area contributed by atoms with Crippen molar-refractivity contribution in [3.63, 3.8) is 0 Å². The number of hydrogen-bond acceptors (Lipinski definition) is 5. The molecular weight excluding hydrogens is 1130 g/mol. The van der Waals surface area contributed by atoms with Crippen LogP contribution in [0.25, 0.3) is 0 Å². The second kappa shape index (κ2) is 40.5. The molecule has 0 unspecified atom stereocenters. The molecule has 5 aliphatic rings. The number of pyridine rings is 2. The molecule has 2 saturated heterocycles. The van der Waals surface area contributed by atoms with Gasteiger partial charge in [0.15, 0.2) is 0 Å². The number of likely N-dealkylation sites (tertiary alicyclic amines) is 1. The van der Waals surface area contributed by atoms with Crippen molar-refractivity contribution in [2.45, 2.75) is 305 Å². The summed E-state index contributed by atoms with van der Waals surface area (Å²) in [6.07, 6.45) is 23.9. The number of nitrogens with zero attached hydrogens (tertiary/aromatic N) is 5. The molecule has 0 N–H and O–H groups in total. The molecule has 91 heavy (non-hydrogen) atoms. The number of benzene rings is 2. The Hall–Kier alpha value is -3.09. The number of aryl methyl sites for hydroxylation is 2. The molecule has 6 heteroatoms. The van der Waals surface area contributed by atoms with Crippen molar-refractivity contribution in [1.29, 1.82) is 0 Å². The van der Waals surface area contributed by atoms with Crippen LogP contribution in [0.4, 0.5) is 0 Å². The van der Waals surface area contributed by atoms with Gasteiger partial charge in [-0.1, -0.05) is 291 Å². The lowest BCUT2D eigenvalue weighted by Gasteiger charge is -2.37. The molecule has 2 aromatic heterocycles. The molecule has 9 rings (SSSR count). The van der Waals surface area contributed by atoms with E-state index in [1.165, 1.54) is 170 Å². The van der Waals surface area contributed by atoms with Crippen molar-refractivity contribution in [1.82, 2.24) is 24.7 Å². The third-order valence-electron chi connectivity index (χ3n) is 18.7. The van der Waals surface area contributed by atoms with Crippen LogP contribution in [-0.4, -0.2) is 84.1 Å². The van der Waals surface area contributed by atoms with Crippen LogP contribution in [-0.2, 0) is 21.7 Å². The Balaban J connectivity index is 0.000000514. The van der Waals surface area contributed by atoms with Gasteiger partial charge in [-0.2, -0.15) is 0 Å². The predicted octanol–water partition coefficient (Wildman–Crippen LogP) is 24.7. The number of likely N-dealkylation sites (N-methyl/N-ethyl adjacent to an activating group) is 1. The normalized spacial score (nSPS) is 17.2. The Morgan fingerprint density at radius 3 is 1.12 bits per heavy atom. The van der Waals surface area contributed by atoms with E-state index in [0.29, 0.717) is 27.1 Å². The summed E-state index contributed by atoms with van der Waals surface area (Å²) >= 11 is 5.95. The van der Waals surface area contributed by atoms with E-state index in [1.54, 1.807) is 6.20 Å². The number of hydrogen-bond donors (Lipinski definition) is 0. The van der Waals surface area contributed by atoms with Gasteiger partial charge in [0.05, 0.1) is 10.7 Å². The molecule has 0 atom stereocenters. The van der Waals surface area contributed by atoms with E-state index < -0.39 is 0 Å². The summed E-state index contributed by atoms with van der Waals surface area (Å²) in [5.41, 5.74) is 10.7. The van der Waals surface area contributed by atoms with Gasteiger partial charge in [0.25, 0.3) is 0 Å². The van der Waals surface area contributed by atoms with Crippen molar-refractivity contribution >= 4 is 11.6 Å². The predicted molar refractivity (Wildman–Crippen MR) is 409 cm³/mol. The number of halogens is 1. The first-order valence-corrected chi connectivity index (χ1v) is 36.9. The zero-order chi connectivity index (χ0) is 69.7. The summed E-state index contributed by atoms with van der Waals surface area (Å²) in [6, 6.07) is 26.9. The first-order chi connectivity index (χ1) is 41.7. The van der Waals surface area contributed by atoms with Gasteiger partial charge in [-0.3, -0.25) is 9.97 Å². The summed E-state index contributed by atoms with van der Waals surface area (Å²) in [5.74, 6) is 4.09. The van der Waals surface area contributed by atoms with E-state index in [0.717, 1.165) is 34.4 Å². The fourth-order valence-electron chi connectivity index (χ4n) is 11.7. The lowest BCUT2D eigenvalue weighted by molar-refractivity contribution is 0.139. The fraction of sp³-hybridized carbons (Fsp3) is 0.741. The maximum absolute atomic E-state index is 5.95. The van der Waals surface area contributed by atoms with Gasteiger partial charge < -0.3 is 14.7 Å². The molecule has 5 fully saturated rings. The minimum absolute atomic E-state index is 0.0400. The molecule has 0 amide bonds. The molecule has 3 saturated carbocycles. The molecule has 2 aromatic carbocycles. The summed E-state index contributed by atoms with van der Waals surface area (Å²) in [6.45, 7) is 73.4. The van der Waals surface area contributed by atoms with Crippen molar-refractivity contribution < 1.29 is 0 Å². The molecule has 4 aromatic rings. The highest BCUT2D eigenvalue weighted by Gasteiger charge is 2.33. The lowest BCUT2D eigenvalue weighted by Crippen LogP contribution is -2.45. The number of piperazine rings is 1. The Labute approximate surface area is 573 Å². The minimum Gasteiger partial charge on any atom is -0.304 e. The van der Waals surface area contributed by atoms with Crippen LogP contribution in [0.2, 0.25) is 5.02 Å². The smallest absolute Gasteiger partial charge is 0.0642 e. The molecule has 0 radical (unpaired) electrons. The fourth-order valence-corrected chi connectivity index (χ4v) is 12.1. The zero-order valence-corrected chi connectivity index (χ0v) is 66.4. The van der Waals surface area contributed by atoms with Crippen LogP contribution in [0.5, 0.6) is 0 Å². The van der Waals surface area contributed by atoms with Gasteiger partial charge in [0.1, 0.15) is 0 Å². The zero-order valence-electron chi connectivity index (χ0n) is 65.6. The van der Waals surface area contributed by atoms with Crippen LogP contribution >= 0.6 is 11.6 Å². The monoisotopic (exact) mass is 1280 g/mol. The van der Waals surface area contributed by atoms with Gasteiger partial charge in [-0.05, 0) is 195 Å². The van der Waals surface area contributed by atoms with E-state index in [9.17, 15) is 0 Å². The summed E-state index contributed by atoms with van der Waals surface area (Å²) < 4.78 is 0. The number of piperidine rings is 1. The van der Waals surface area contributed by atoms with Crippen molar-refractivity contribution in [2.75, 3.05) is 59.4 Å². The number of rotatable bonds is 5. The van der Waals surface area contributed by atoms with Crippen LogP contribution in [0, 0.1) is 59.2 Å². The first-order valence-electron chi connectivity index (χ1n) is 36.5. The molecule has 2 aliphatic heterocycles. The van der Waals surface area contributed by atoms with E-state index in [-0.39, 0.29) is 16.2 Å². The van der Waals surface area contributed by atoms with Gasteiger partial charge in [-0.25, -0.2) is 0 Å². The maximum Gasteiger partial charge on any atom is 0.0642 e. The third kappa shape index (κ3) is 40.8. The quantitative estimate of drug-likeness (QED) is 0.199. The topological polar surface area (TPSA) is 35.5 Å². The highest BCUT2D eigenvalue weighted by molar-refractivity contribution is 6.31. The van der Waals surface area contributed by atoms with Crippen molar-refractivity contribution in [2.24, 2.45) is 45.3 Å². The standard InChI is InChI=1S/C11H24N2.C11H23N.C11H16.C10H15N.C10H14.C9H12ClN.2C8H16.C7H14/c1-11(2,3)5-6-13-9-7-12(4)8-10-13;1-11(2,3)7-10-12-8-5-4-6-9-12;1-9-7-5-6-8-10(9)11(2,3)4;1-8-6-5-7-11-9(8)10(2,3)4;1-10(2,3)9-7-5-4-6-8-9;1-9(2,3)8-7(10)5-4-6-11-8;1-8(2,3)7-5-4-6-7;1-7(2)8-5-3-4-6-8;1-7(2,3)6-4-5-6/h5-10H2,1-4H3;4-10H2,1-3H3;5-8H,1-4H3;5-7H,1-4H3;4-8H,1-3H3;4-6H,1-3H3;7H,4-6H2,1-3H3;7-8H,3-6H2,1-2H3;6H,4-5H2,1-3H3. The van der Waals surface area contributed by atoms with E-state index in [2.05, 4.69) is 286 Å². The molecule has 0 spiro atoms.